The summed E-state index contributed by atoms with van der Waals surface area (Å²) < 4.78 is 5.23. The second-order valence-corrected chi connectivity index (χ2v) is 6.63. The monoisotopic (exact) mass is 379 g/mol. The summed E-state index contributed by atoms with van der Waals surface area (Å²) in [7, 11) is 0. The zero-order valence-electron chi connectivity index (χ0n) is 15.0. The Labute approximate surface area is 159 Å². The van der Waals surface area contributed by atoms with Crippen molar-refractivity contribution >= 4 is 11.9 Å². The van der Waals surface area contributed by atoms with Gasteiger partial charge in [0.25, 0.3) is 5.91 Å². The summed E-state index contributed by atoms with van der Waals surface area (Å²) in [4.78, 5) is 35.7. The molecule has 1 aliphatic carbocycles. The van der Waals surface area contributed by atoms with Gasteiger partial charge in [0.15, 0.2) is 11.5 Å². The Balaban J connectivity index is 1.44. The van der Waals surface area contributed by atoms with Crippen LogP contribution in [0.5, 0.6) is 0 Å². The third-order valence-corrected chi connectivity index (χ3v) is 4.41. The van der Waals surface area contributed by atoms with Gasteiger partial charge in [0.2, 0.25) is 5.89 Å². The molecule has 1 aliphatic rings. The van der Waals surface area contributed by atoms with Crippen LogP contribution < -0.4 is 5.32 Å². The number of carboxylic acid groups (broad SMARTS) is 1. The highest BCUT2D eigenvalue weighted by molar-refractivity contribution is 5.94. The average molecular weight is 379 g/mol. The van der Waals surface area contributed by atoms with Gasteiger partial charge in [0.1, 0.15) is 6.04 Å². The van der Waals surface area contributed by atoms with Gasteiger partial charge in [-0.1, -0.05) is 17.3 Å². The first-order valence-corrected chi connectivity index (χ1v) is 8.81. The molecule has 3 aromatic rings. The Bertz CT molecular complexity index is 1030. The predicted octanol–water partition coefficient (Wildman–Crippen LogP) is 2.59. The number of carbonyl (C=O) groups is 2. The maximum atomic E-state index is 12.5. The lowest BCUT2D eigenvalue weighted by Crippen LogP contribution is -2.26. The van der Waals surface area contributed by atoms with Crippen molar-refractivity contribution in [2.45, 2.75) is 31.7 Å². The van der Waals surface area contributed by atoms with E-state index in [2.05, 4.69) is 25.4 Å². The largest absolute Gasteiger partial charge is 0.476 e. The molecule has 9 nitrogen and oxygen atoms in total. The lowest BCUT2D eigenvalue weighted by molar-refractivity contribution is 0.0689. The normalized spacial score (nSPS) is 14.5. The molecular weight excluding hydrogens is 362 g/mol. The van der Waals surface area contributed by atoms with Gasteiger partial charge in [0, 0.05) is 17.0 Å². The Morgan fingerprint density at radius 2 is 1.93 bits per heavy atom. The number of nitrogens with zero attached hydrogens (tertiary/aromatic N) is 4. The van der Waals surface area contributed by atoms with Gasteiger partial charge in [-0.2, -0.15) is 4.98 Å². The van der Waals surface area contributed by atoms with E-state index < -0.39 is 12.0 Å². The van der Waals surface area contributed by atoms with Crippen molar-refractivity contribution in [2.75, 3.05) is 0 Å². The summed E-state index contributed by atoms with van der Waals surface area (Å²) in [5.41, 5.74) is 1.38. The van der Waals surface area contributed by atoms with E-state index in [1.54, 1.807) is 31.2 Å². The molecule has 1 aromatic carbocycles. The molecular formula is C19H17N5O4. The number of hydrogen-bond donors (Lipinski definition) is 2. The fourth-order valence-corrected chi connectivity index (χ4v) is 2.67. The van der Waals surface area contributed by atoms with E-state index in [9.17, 15) is 9.59 Å². The maximum absolute atomic E-state index is 12.5. The van der Waals surface area contributed by atoms with Crippen LogP contribution in [0.2, 0.25) is 0 Å². The van der Waals surface area contributed by atoms with Crippen molar-refractivity contribution in [1.82, 2.24) is 25.4 Å². The molecule has 0 aliphatic heterocycles. The third-order valence-electron chi connectivity index (χ3n) is 4.41. The van der Waals surface area contributed by atoms with Crippen molar-refractivity contribution in [3.05, 3.63) is 59.6 Å². The Kier molecular flexibility index (Phi) is 4.56. The van der Waals surface area contributed by atoms with Gasteiger partial charge in [-0.05, 0) is 31.9 Å². The van der Waals surface area contributed by atoms with Crippen LogP contribution >= 0.6 is 0 Å². The molecule has 1 atom stereocenters. The number of amides is 1. The summed E-state index contributed by atoms with van der Waals surface area (Å²) in [6, 6.07) is 6.23. The average Bonchev–Trinajstić information content (AvgIpc) is 3.44. The number of aromatic nitrogens is 4. The zero-order valence-corrected chi connectivity index (χ0v) is 15.0. The third kappa shape index (κ3) is 3.73. The summed E-state index contributed by atoms with van der Waals surface area (Å²) in [6.07, 6.45) is 4.80. The van der Waals surface area contributed by atoms with Gasteiger partial charge in [-0.3, -0.25) is 9.78 Å². The molecule has 0 unspecified atom stereocenters. The fraction of sp³-hybridized carbons (Fsp3) is 0.263. The van der Waals surface area contributed by atoms with Crippen molar-refractivity contribution < 1.29 is 19.2 Å². The highest BCUT2D eigenvalue weighted by atomic mass is 16.5. The minimum atomic E-state index is -1.15. The molecule has 0 radical (unpaired) electrons. The smallest absolute Gasteiger partial charge is 0.356 e. The van der Waals surface area contributed by atoms with Crippen molar-refractivity contribution in [2.24, 2.45) is 0 Å². The van der Waals surface area contributed by atoms with E-state index in [1.165, 1.54) is 12.4 Å². The molecule has 4 rings (SSSR count). The summed E-state index contributed by atoms with van der Waals surface area (Å²) in [6.45, 7) is 1.78. The van der Waals surface area contributed by atoms with E-state index in [0.29, 0.717) is 34.5 Å². The van der Waals surface area contributed by atoms with Crippen LogP contribution in [-0.2, 0) is 0 Å². The molecule has 2 heterocycles. The number of rotatable bonds is 6. The van der Waals surface area contributed by atoms with Crippen molar-refractivity contribution in [3.63, 3.8) is 0 Å². The van der Waals surface area contributed by atoms with Crippen LogP contribution in [0.1, 0.15) is 64.3 Å². The van der Waals surface area contributed by atoms with E-state index in [4.69, 9.17) is 9.63 Å². The van der Waals surface area contributed by atoms with Gasteiger partial charge in [-0.25, -0.2) is 9.78 Å². The quantitative estimate of drug-likeness (QED) is 0.668. The van der Waals surface area contributed by atoms with Crippen LogP contribution in [-0.4, -0.2) is 37.1 Å². The van der Waals surface area contributed by atoms with Gasteiger partial charge < -0.3 is 14.9 Å². The van der Waals surface area contributed by atoms with E-state index in [0.717, 1.165) is 12.8 Å². The zero-order chi connectivity index (χ0) is 19.7. The van der Waals surface area contributed by atoms with E-state index in [-0.39, 0.29) is 11.6 Å². The number of aromatic carboxylic acids is 1. The number of carbonyl (C=O) groups excluding carboxylic acids is 1. The number of nitrogens with one attached hydrogen (secondary N) is 1. The highest BCUT2D eigenvalue weighted by Crippen LogP contribution is 2.38. The first-order chi connectivity index (χ1) is 13.5. The first-order valence-electron chi connectivity index (χ1n) is 8.81. The molecule has 2 aromatic heterocycles. The maximum Gasteiger partial charge on any atom is 0.356 e. The van der Waals surface area contributed by atoms with Gasteiger partial charge in [-0.15, -0.1) is 0 Å². The first kappa shape index (κ1) is 17.8. The minimum Gasteiger partial charge on any atom is -0.476 e. The standard InChI is InChI=1S/C19H17N5O4/c1-10(18-23-16(24-28-18)12-4-5-12)21-17(25)13-6-2-11(3-7-13)14-8-20-9-15(22-14)19(26)27/h2-3,6-10,12H,4-5H2,1H3,(H,21,25)(H,26,27)/t10-/m1/s1. The summed E-state index contributed by atoms with van der Waals surface area (Å²) in [5, 5.41) is 15.8. The molecule has 2 N–H and O–H groups in total. The summed E-state index contributed by atoms with van der Waals surface area (Å²) >= 11 is 0. The van der Waals surface area contributed by atoms with Crippen LogP contribution in [0, 0.1) is 0 Å². The Morgan fingerprint density at radius 1 is 1.18 bits per heavy atom. The van der Waals surface area contributed by atoms with Crippen LogP contribution in [0.15, 0.2) is 41.2 Å². The molecule has 0 saturated heterocycles. The molecule has 1 saturated carbocycles. The Hall–Kier alpha value is -3.62. The van der Waals surface area contributed by atoms with E-state index >= 15 is 0 Å². The molecule has 142 valence electrons. The number of carboxylic acids is 1. The number of hydrogen-bond acceptors (Lipinski definition) is 7. The van der Waals surface area contributed by atoms with Gasteiger partial charge >= 0.3 is 5.97 Å². The fourth-order valence-electron chi connectivity index (χ4n) is 2.67. The van der Waals surface area contributed by atoms with Crippen LogP contribution in [0.4, 0.5) is 0 Å². The molecule has 9 heteroatoms. The second kappa shape index (κ2) is 7.18. The van der Waals surface area contributed by atoms with Crippen LogP contribution in [0.25, 0.3) is 11.3 Å². The number of benzene rings is 1. The SMILES string of the molecule is C[C@@H](NC(=O)c1ccc(-c2cncc(C(=O)O)n2)cc1)c1nc(C2CC2)no1. The molecule has 0 spiro atoms. The van der Waals surface area contributed by atoms with Crippen molar-refractivity contribution in [3.8, 4) is 11.3 Å². The molecule has 0 bridgehead atoms. The highest BCUT2D eigenvalue weighted by Gasteiger charge is 2.29. The topological polar surface area (TPSA) is 131 Å². The van der Waals surface area contributed by atoms with Gasteiger partial charge in [0.05, 0.1) is 18.1 Å². The minimum absolute atomic E-state index is 0.140. The molecule has 1 fully saturated rings. The van der Waals surface area contributed by atoms with E-state index in [1.807, 2.05) is 0 Å². The predicted molar refractivity (Wildman–Crippen MR) is 96.6 cm³/mol. The summed E-state index contributed by atoms with van der Waals surface area (Å²) in [5.74, 6) is 0.0363. The second-order valence-electron chi connectivity index (χ2n) is 6.63. The lowest BCUT2D eigenvalue weighted by atomic mass is 10.1. The molecule has 28 heavy (non-hydrogen) atoms. The molecule has 1 amide bonds. The van der Waals surface area contributed by atoms with Crippen LogP contribution in [0.3, 0.4) is 0 Å². The Morgan fingerprint density at radius 3 is 2.61 bits per heavy atom. The van der Waals surface area contributed by atoms with Crippen molar-refractivity contribution in [1.29, 1.82) is 0 Å². The lowest BCUT2D eigenvalue weighted by Gasteiger charge is -2.10.